The van der Waals surface area contributed by atoms with E-state index in [0.717, 1.165) is 5.69 Å². The van der Waals surface area contributed by atoms with Crippen LogP contribution in [0.15, 0.2) is 66.1 Å². The zero-order chi connectivity index (χ0) is 17.6. The highest BCUT2D eigenvalue weighted by Gasteiger charge is 2.16. The van der Waals surface area contributed by atoms with Gasteiger partial charge >= 0.3 is 0 Å². The predicted molar refractivity (Wildman–Crippen MR) is 96.5 cm³/mol. The molecule has 3 aromatic rings. The van der Waals surface area contributed by atoms with Crippen molar-refractivity contribution in [3.63, 3.8) is 0 Å². The molecule has 0 bridgehead atoms. The van der Waals surface area contributed by atoms with Gasteiger partial charge in [-0.05, 0) is 43.3 Å². The molecule has 0 radical (unpaired) electrons. The van der Waals surface area contributed by atoms with E-state index in [2.05, 4.69) is 10.2 Å². The second-order valence-corrected chi connectivity index (χ2v) is 6.16. The van der Waals surface area contributed by atoms with E-state index in [1.807, 2.05) is 41.8 Å². The van der Waals surface area contributed by atoms with Crippen molar-refractivity contribution in [3.05, 3.63) is 66.7 Å². The second-order valence-electron chi connectivity index (χ2n) is 5.22. The summed E-state index contributed by atoms with van der Waals surface area (Å²) in [5.41, 5.74) is 1.62. The van der Waals surface area contributed by atoms with Gasteiger partial charge in [0.15, 0.2) is 5.16 Å². The molecule has 2 aromatic carbocycles. The number of aromatic nitrogens is 3. The lowest BCUT2D eigenvalue weighted by molar-refractivity contribution is -0.116. The van der Waals surface area contributed by atoms with Crippen LogP contribution in [0.5, 0.6) is 0 Å². The molecule has 0 saturated heterocycles. The van der Waals surface area contributed by atoms with Gasteiger partial charge in [0.1, 0.15) is 12.1 Å². The van der Waals surface area contributed by atoms with Gasteiger partial charge in [0, 0.05) is 17.9 Å². The molecule has 7 heteroatoms. The summed E-state index contributed by atoms with van der Waals surface area (Å²) < 4.78 is 14.9. The van der Waals surface area contributed by atoms with E-state index in [-0.39, 0.29) is 17.5 Å². The molecular weight excluding hydrogens is 339 g/mol. The van der Waals surface area contributed by atoms with Crippen molar-refractivity contribution >= 4 is 23.4 Å². The van der Waals surface area contributed by atoms with Gasteiger partial charge in [-0.1, -0.05) is 30.0 Å². The van der Waals surface area contributed by atoms with Crippen molar-refractivity contribution in [1.82, 2.24) is 14.8 Å². The predicted octanol–water partition coefficient (Wildman–Crippen LogP) is 3.55. The van der Waals surface area contributed by atoms with Crippen molar-refractivity contribution < 1.29 is 9.18 Å². The Balaban J connectivity index is 1.70. The highest BCUT2D eigenvalue weighted by molar-refractivity contribution is 7.99. The first-order valence-corrected chi connectivity index (χ1v) is 8.81. The molecule has 1 aromatic heterocycles. The van der Waals surface area contributed by atoms with Crippen LogP contribution in [0.4, 0.5) is 10.1 Å². The van der Waals surface area contributed by atoms with Crippen LogP contribution in [0, 0.1) is 5.82 Å². The number of hydrogen-bond acceptors (Lipinski definition) is 4. The number of anilines is 1. The quantitative estimate of drug-likeness (QED) is 0.634. The fraction of sp³-hybridized carbons (Fsp3) is 0.167. The minimum Gasteiger partial charge on any atom is -0.312 e. The third kappa shape index (κ3) is 4.06. The van der Waals surface area contributed by atoms with Crippen LogP contribution in [-0.4, -0.2) is 33.0 Å². The summed E-state index contributed by atoms with van der Waals surface area (Å²) in [4.78, 5) is 14.2. The molecular formula is C18H17FN4OS. The summed E-state index contributed by atoms with van der Waals surface area (Å²) in [7, 11) is 0. The fourth-order valence-electron chi connectivity index (χ4n) is 2.42. The standard InChI is InChI=1S/C18H17FN4OS/c1-2-22(16-10-8-14(19)9-11-16)17(24)12-25-18-21-20-13-23(18)15-6-4-3-5-7-15/h3-11,13H,2,12H2,1H3. The van der Waals surface area contributed by atoms with Crippen LogP contribution in [-0.2, 0) is 4.79 Å². The molecule has 128 valence electrons. The zero-order valence-corrected chi connectivity index (χ0v) is 14.5. The molecule has 5 nitrogen and oxygen atoms in total. The molecule has 0 aliphatic heterocycles. The lowest BCUT2D eigenvalue weighted by atomic mass is 10.3. The normalized spacial score (nSPS) is 10.6. The maximum absolute atomic E-state index is 13.1. The maximum atomic E-state index is 13.1. The van der Waals surface area contributed by atoms with Crippen LogP contribution in [0.1, 0.15) is 6.92 Å². The number of carbonyl (C=O) groups is 1. The van der Waals surface area contributed by atoms with Crippen molar-refractivity contribution in [2.45, 2.75) is 12.1 Å². The Hall–Kier alpha value is -2.67. The van der Waals surface area contributed by atoms with Crippen molar-refractivity contribution in [1.29, 1.82) is 0 Å². The Morgan fingerprint density at radius 1 is 1.16 bits per heavy atom. The average Bonchev–Trinajstić information content (AvgIpc) is 3.11. The van der Waals surface area contributed by atoms with Gasteiger partial charge in [0.25, 0.3) is 0 Å². The maximum Gasteiger partial charge on any atom is 0.237 e. The molecule has 0 spiro atoms. The zero-order valence-electron chi connectivity index (χ0n) is 13.7. The largest absolute Gasteiger partial charge is 0.312 e. The van der Waals surface area contributed by atoms with Crippen LogP contribution < -0.4 is 4.90 Å². The van der Waals surface area contributed by atoms with Gasteiger partial charge in [-0.2, -0.15) is 0 Å². The minimum absolute atomic E-state index is 0.0679. The SMILES string of the molecule is CCN(C(=O)CSc1nncn1-c1ccccc1)c1ccc(F)cc1. The number of carbonyl (C=O) groups excluding carboxylic acids is 1. The Labute approximate surface area is 149 Å². The summed E-state index contributed by atoms with van der Waals surface area (Å²) in [6.07, 6.45) is 1.62. The number of halogens is 1. The molecule has 0 aliphatic rings. The number of benzene rings is 2. The fourth-order valence-corrected chi connectivity index (χ4v) is 3.22. The van der Waals surface area contributed by atoms with Crippen LogP contribution in [0.3, 0.4) is 0 Å². The first kappa shape index (κ1) is 17.2. The van der Waals surface area contributed by atoms with E-state index in [1.165, 1.54) is 23.9 Å². The van der Waals surface area contributed by atoms with Crippen LogP contribution >= 0.6 is 11.8 Å². The third-order valence-corrected chi connectivity index (χ3v) is 4.56. The number of para-hydroxylation sites is 1. The van der Waals surface area contributed by atoms with Gasteiger partial charge < -0.3 is 4.90 Å². The first-order chi connectivity index (χ1) is 12.2. The van der Waals surface area contributed by atoms with Crippen molar-refractivity contribution in [2.24, 2.45) is 0 Å². The minimum atomic E-state index is -0.322. The lowest BCUT2D eigenvalue weighted by Gasteiger charge is -2.20. The van der Waals surface area contributed by atoms with Crippen molar-refractivity contribution in [2.75, 3.05) is 17.2 Å². The highest BCUT2D eigenvalue weighted by Crippen LogP contribution is 2.21. The van der Waals surface area contributed by atoms with Crippen molar-refractivity contribution in [3.8, 4) is 5.69 Å². The number of amides is 1. The third-order valence-electron chi connectivity index (χ3n) is 3.63. The summed E-state index contributed by atoms with van der Waals surface area (Å²) in [5.74, 6) is -0.171. The van der Waals surface area contributed by atoms with E-state index in [0.29, 0.717) is 17.4 Å². The summed E-state index contributed by atoms with van der Waals surface area (Å²) in [5, 5.41) is 8.67. The van der Waals surface area contributed by atoms with Gasteiger partial charge in [-0.25, -0.2) is 4.39 Å². The summed E-state index contributed by atoms with van der Waals surface area (Å²) in [6.45, 7) is 2.40. The molecule has 1 amide bonds. The molecule has 0 saturated carbocycles. The topological polar surface area (TPSA) is 51.0 Å². The molecule has 0 aliphatic carbocycles. The van der Waals surface area contributed by atoms with Crippen LogP contribution in [0.2, 0.25) is 0 Å². The highest BCUT2D eigenvalue weighted by atomic mass is 32.2. The Morgan fingerprint density at radius 2 is 1.88 bits per heavy atom. The van der Waals surface area contributed by atoms with E-state index in [9.17, 15) is 9.18 Å². The van der Waals surface area contributed by atoms with Crippen LogP contribution in [0.25, 0.3) is 5.69 Å². The van der Waals surface area contributed by atoms with Gasteiger partial charge in [0.05, 0.1) is 5.75 Å². The monoisotopic (exact) mass is 356 g/mol. The first-order valence-electron chi connectivity index (χ1n) is 7.83. The summed E-state index contributed by atoms with van der Waals surface area (Å²) in [6, 6.07) is 15.6. The van der Waals surface area contributed by atoms with E-state index < -0.39 is 0 Å². The Kier molecular flexibility index (Phi) is 5.45. The smallest absolute Gasteiger partial charge is 0.237 e. The van der Waals surface area contributed by atoms with E-state index >= 15 is 0 Å². The number of hydrogen-bond donors (Lipinski definition) is 0. The number of nitrogens with zero attached hydrogens (tertiary/aromatic N) is 4. The summed E-state index contributed by atoms with van der Waals surface area (Å²) >= 11 is 1.32. The molecule has 1 heterocycles. The number of rotatable bonds is 6. The van der Waals surface area contributed by atoms with Gasteiger partial charge in [-0.15, -0.1) is 10.2 Å². The second kappa shape index (κ2) is 7.94. The number of thioether (sulfide) groups is 1. The molecule has 0 unspecified atom stereocenters. The van der Waals surface area contributed by atoms with Gasteiger partial charge in [0.2, 0.25) is 5.91 Å². The Bertz CT molecular complexity index is 836. The van der Waals surface area contributed by atoms with Gasteiger partial charge in [-0.3, -0.25) is 9.36 Å². The van der Waals surface area contributed by atoms with E-state index in [4.69, 9.17) is 0 Å². The molecule has 25 heavy (non-hydrogen) atoms. The molecule has 3 rings (SSSR count). The van der Waals surface area contributed by atoms with E-state index in [1.54, 1.807) is 23.4 Å². The molecule has 0 N–H and O–H groups in total. The lowest BCUT2D eigenvalue weighted by Crippen LogP contribution is -2.32. The molecule has 0 fully saturated rings. The Morgan fingerprint density at radius 3 is 2.56 bits per heavy atom. The molecule has 0 atom stereocenters. The average molecular weight is 356 g/mol.